The van der Waals surface area contributed by atoms with Crippen LogP contribution >= 0.6 is 0 Å². The Morgan fingerprint density at radius 1 is 1.00 bits per heavy atom. The van der Waals surface area contributed by atoms with Gasteiger partial charge in [-0.1, -0.05) is 52.9 Å². The molecule has 4 nitrogen and oxygen atoms in total. The van der Waals surface area contributed by atoms with Gasteiger partial charge in [0, 0.05) is 12.2 Å². The molecule has 3 saturated carbocycles. The normalized spacial score (nSPS) is 34.1. The minimum absolute atomic E-state index is 0.470. The summed E-state index contributed by atoms with van der Waals surface area (Å²) >= 11 is 0. The molecule has 2 aromatic rings. The number of unbranched alkanes of at least 4 members (excludes halogenated alkanes) is 1. The highest BCUT2D eigenvalue weighted by Crippen LogP contribution is 2.64. The minimum Gasteiger partial charge on any atom is -0.381 e. The first-order valence-electron chi connectivity index (χ1n) is 15.6. The number of nitrogens with zero attached hydrogens (tertiary/aromatic N) is 3. The van der Waals surface area contributed by atoms with Crippen molar-refractivity contribution >= 4 is 5.69 Å². The molecule has 2 unspecified atom stereocenters. The SMILES string of the molecule is CCCC[C@H]1CC[C@H]2C3CCC([C@@H](C)Nc4ccc(-n5ccc(C)n5)nc4C)[C@@]3(C)CC[C@@H]2[C@H]1CCC. The van der Waals surface area contributed by atoms with Gasteiger partial charge in [0.25, 0.3) is 0 Å². The zero-order valence-electron chi connectivity index (χ0n) is 24.5. The zero-order chi connectivity index (χ0) is 26.2. The average molecular weight is 505 g/mol. The van der Waals surface area contributed by atoms with E-state index in [9.17, 15) is 0 Å². The number of anilines is 1. The highest BCUT2D eigenvalue weighted by molar-refractivity contribution is 5.50. The predicted octanol–water partition coefficient (Wildman–Crippen LogP) is 8.76. The van der Waals surface area contributed by atoms with Gasteiger partial charge in [-0.15, -0.1) is 0 Å². The maximum atomic E-state index is 4.88. The van der Waals surface area contributed by atoms with Crippen molar-refractivity contribution in [3.63, 3.8) is 0 Å². The lowest BCUT2D eigenvalue weighted by molar-refractivity contribution is -0.0572. The Bertz CT molecular complexity index is 1040. The number of aromatic nitrogens is 3. The molecule has 2 heterocycles. The molecular formula is C33H52N4. The summed E-state index contributed by atoms with van der Waals surface area (Å²) in [6.45, 7) is 14.1. The Labute approximate surface area is 226 Å². The third kappa shape index (κ3) is 5.11. The van der Waals surface area contributed by atoms with E-state index >= 15 is 0 Å². The van der Waals surface area contributed by atoms with Gasteiger partial charge >= 0.3 is 0 Å². The third-order valence-electron chi connectivity index (χ3n) is 11.2. The molecule has 0 bridgehead atoms. The lowest BCUT2D eigenvalue weighted by Crippen LogP contribution is -2.49. The van der Waals surface area contributed by atoms with E-state index < -0.39 is 0 Å². The van der Waals surface area contributed by atoms with Gasteiger partial charge in [-0.05, 0) is 118 Å². The number of nitrogens with one attached hydrogen (secondary N) is 1. The van der Waals surface area contributed by atoms with Crippen molar-refractivity contribution in [2.45, 2.75) is 118 Å². The van der Waals surface area contributed by atoms with E-state index in [0.29, 0.717) is 11.5 Å². The molecule has 4 heteroatoms. The Morgan fingerprint density at radius 2 is 1.84 bits per heavy atom. The molecular weight excluding hydrogens is 452 g/mol. The summed E-state index contributed by atoms with van der Waals surface area (Å²) in [6, 6.07) is 6.81. The van der Waals surface area contributed by atoms with E-state index in [1.807, 2.05) is 23.9 Å². The van der Waals surface area contributed by atoms with Crippen molar-refractivity contribution in [3.05, 3.63) is 35.8 Å². The van der Waals surface area contributed by atoms with Crippen molar-refractivity contribution < 1.29 is 0 Å². The van der Waals surface area contributed by atoms with Crippen LogP contribution in [0.4, 0.5) is 5.69 Å². The second-order valence-electron chi connectivity index (χ2n) is 13.2. The second-order valence-corrected chi connectivity index (χ2v) is 13.2. The number of pyridine rings is 1. The van der Waals surface area contributed by atoms with Gasteiger partial charge in [-0.3, -0.25) is 0 Å². The molecule has 0 radical (unpaired) electrons. The summed E-state index contributed by atoms with van der Waals surface area (Å²) in [5, 5.41) is 8.47. The summed E-state index contributed by atoms with van der Waals surface area (Å²) in [5.74, 6) is 6.55. The summed E-state index contributed by atoms with van der Waals surface area (Å²) in [4.78, 5) is 4.88. The van der Waals surface area contributed by atoms with E-state index in [2.05, 4.69) is 57.2 Å². The molecule has 0 aliphatic heterocycles. The van der Waals surface area contributed by atoms with Crippen LogP contribution in [0.3, 0.4) is 0 Å². The molecule has 5 rings (SSSR count). The third-order valence-corrected chi connectivity index (χ3v) is 11.2. The molecule has 0 spiro atoms. The standard InChI is InChI=1S/C33H52N4/c1-7-9-11-25-12-13-28-27(26(25)10-8-2)18-20-33(6)29(14-15-30(28)33)23(4)34-31-16-17-32(35-24(31)5)37-21-19-22(3)36-37/h16-17,19,21,23,25-30,34H,7-15,18,20H2,1-6H3/t23-,25+,26+,27-,28-,29?,30?,33-/m1/s1. The van der Waals surface area contributed by atoms with E-state index in [0.717, 1.165) is 52.7 Å². The first kappa shape index (κ1) is 26.8. The Kier molecular flexibility index (Phi) is 8.03. The van der Waals surface area contributed by atoms with Crippen LogP contribution in [0, 0.1) is 54.8 Å². The maximum Gasteiger partial charge on any atom is 0.153 e. The van der Waals surface area contributed by atoms with E-state index in [-0.39, 0.29) is 0 Å². The number of rotatable bonds is 9. The quantitative estimate of drug-likeness (QED) is 0.371. The summed E-state index contributed by atoms with van der Waals surface area (Å²) in [7, 11) is 0. The van der Waals surface area contributed by atoms with Crippen LogP contribution in [0.25, 0.3) is 5.82 Å². The molecule has 3 aliphatic carbocycles. The second kappa shape index (κ2) is 11.1. The van der Waals surface area contributed by atoms with Crippen molar-refractivity contribution in [2.75, 3.05) is 5.32 Å². The highest BCUT2D eigenvalue weighted by Gasteiger charge is 2.57. The molecule has 1 N–H and O–H groups in total. The van der Waals surface area contributed by atoms with Crippen LogP contribution in [0.2, 0.25) is 0 Å². The summed E-state index contributed by atoms with van der Waals surface area (Å²) < 4.78 is 1.87. The smallest absolute Gasteiger partial charge is 0.153 e. The summed E-state index contributed by atoms with van der Waals surface area (Å²) in [6.07, 6.45) is 17.9. The van der Waals surface area contributed by atoms with Gasteiger partial charge in [0.05, 0.1) is 17.1 Å². The van der Waals surface area contributed by atoms with E-state index in [1.165, 1.54) is 76.3 Å². The molecule has 2 aromatic heterocycles. The van der Waals surface area contributed by atoms with Gasteiger partial charge in [-0.25, -0.2) is 9.67 Å². The van der Waals surface area contributed by atoms with Gasteiger partial charge in [-0.2, -0.15) is 5.10 Å². The number of aryl methyl sites for hydroxylation is 2. The van der Waals surface area contributed by atoms with Gasteiger partial charge < -0.3 is 5.32 Å². The van der Waals surface area contributed by atoms with Crippen molar-refractivity contribution in [1.82, 2.24) is 14.8 Å². The van der Waals surface area contributed by atoms with Gasteiger partial charge in [0.15, 0.2) is 5.82 Å². The molecule has 3 fully saturated rings. The van der Waals surface area contributed by atoms with Crippen LogP contribution in [0.15, 0.2) is 24.4 Å². The zero-order valence-corrected chi connectivity index (χ0v) is 24.5. The molecule has 8 atom stereocenters. The average Bonchev–Trinajstić information content (AvgIpc) is 3.47. The van der Waals surface area contributed by atoms with Gasteiger partial charge in [0.2, 0.25) is 0 Å². The Morgan fingerprint density at radius 3 is 2.54 bits per heavy atom. The predicted molar refractivity (Wildman–Crippen MR) is 155 cm³/mol. The first-order chi connectivity index (χ1) is 17.9. The molecule has 37 heavy (non-hydrogen) atoms. The lowest BCUT2D eigenvalue weighted by atomic mass is 9.50. The largest absolute Gasteiger partial charge is 0.381 e. The van der Waals surface area contributed by atoms with Crippen LogP contribution in [0.5, 0.6) is 0 Å². The fourth-order valence-electron chi connectivity index (χ4n) is 9.42. The Hall–Kier alpha value is -1.84. The topological polar surface area (TPSA) is 42.7 Å². The van der Waals surface area contributed by atoms with Crippen LogP contribution in [-0.2, 0) is 0 Å². The fourth-order valence-corrected chi connectivity index (χ4v) is 9.42. The fraction of sp³-hybridized carbons (Fsp3) is 0.758. The molecule has 0 amide bonds. The highest BCUT2D eigenvalue weighted by atomic mass is 15.3. The van der Waals surface area contributed by atoms with Crippen LogP contribution in [-0.4, -0.2) is 20.8 Å². The number of hydrogen-bond donors (Lipinski definition) is 1. The molecule has 0 saturated heterocycles. The van der Waals surface area contributed by atoms with Crippen molar-refractivity contribution in [2.24, 2.45) is 40.9 Å². The van der Waals surface area contributed by atoms with Crippen LogP contribution < -0.4 is 5.32 Å². The van der Waals surface area contributed by atoms with Crippen molar-refractivity contribution in [3.8, 4) is 5.82 Å². The van der Waals surface area contributed by atoms with Crippen molar-refractivity contribution in [1.29, 1.82) is 0 Å². The first-order valence-corrected chi connectivity index (χ1v) is 15.6. The maximum absolute atomic E-state index is 4.88. The van der Waals surface area contributed by atoms with Gasteiger partial charge in [0.1, 0.15) is 0 Å². The number of fused-ring (bicyclic) bond motifs is 3. The monoisotopic (exact) mass is 504 g/mol. The summed E-state index contributed by atoms with van der Waals surface area (Å²) in [5.41, 5.74) is 3.74. The molecule has 204 valence electrons. The molecule has 3 aliphatic rings. The Balaban J connectivity index is 1.28. The number of hydrogen-bond acceptors (Lipinski definition) is 3. The van der Waals surface area contributed by atoms with E-state index in [1.54, 1.807) is 0 Å². The van der Waals surface area contributed by atoms with Crippen LogP contribution in [0.1, 0.15) is 110 Å². The minimum atomic E-state index is 0.470. The molecule has 0 aromatic carbocycles. The lowest BCUT2D eigenvalue weighted by Gasteiger charge is -2.55. The van der Waals surface area contributed by atoms with E-state index in [4.69, 9.17) is 4.98 Å².